The molecule has 138 valence electrons. The van der Waals surface area contributed by atoms with Gasteiger partial charge in [0, 0.05) is 17.7 Å². The number of piperidine rings is 1. The van der Waals surface area contributed by atoms with E-state index < -0.39 is 0 Å². The highest BCUT2D eigenvalue weighted by Crippen LogP contribution is 2.32. The molecule has 0 spiro atoms. The Morgan fingerprint density at radius 1 is 1.11 bits per heavy atom. The fraction of sp³-hybridized carbons (Fsp3) is 0.286. The van der Waals surface area contributed by atoms with Crippen molar-refractivity contribution in [3.63, 3.8) is 0 Å². The topological polar surface area (TPSA) is 59.2 Å². The van der Waals surface area contributed by atoms with Gasteiger partial charge in [0.1, 0.15) is 11.9 Å². The van der Waals surface area contributed by atoms with E-state index in [0.29, 0.717) is 29.4 Å². The van der Waals surface area contributed by atoms with E-state index in [2.05, 4.69) is 10.1 Å². The van der Waals surface area contributed by atoms with Gasteiger partial charge in [0.2, 0.25) is 11.7 Å². The number of hydrogen-bond donors (Lipinski definition) is 0. The first-order valence-corrected chi connectivity index (χ1v) is 9.09. The van der Waals surface area contributed by atoms with E-state index in [1.807, 2.05) is 36.1 Å². The predicted octanol–water partition coefficient (Wildman–Crippen LogP) is 4.55. The van der Waals surface area contributed by atoms with Crippen molar-refractivity contribution in [2.75, 3.05) is 6.54 Å². The number of carbonyl (C=O) groups is 1. The first kappa shape index (κ1) is 17.4. The Labute approximate surface area is 156 Å². The minimum atomic E-state index is -0.315. The van der Waals surface area contributed by atoms with Crippen LogP contribution in [0.5, 0.6) is 0 Å². The number of amides is 1. The summed E-state index contributed by atoms with van der Waals surface area (Å²) in [4.78, 5) is 19.3. The molecule has 27 heavy (non-hydrogen) atoms. The summed E-state index contributed by atoms with van der Waals surface area (Å²) in [5.74, 6) is 0.485. The van der Waals surface area contributed by atoms with Crippen LogP contribution in [0.4, 0.5) is 4.39 Å². The molecule has 4 rings (SSSR count). The first-order chi connectivity index (χ1) is 13.1. The van der Waals surface area contributed by atoms with Crippen LogP contribution in [0.15, 0.2) is 53.1 Å². The Kier molecular flexibility index (Phi) is 4.71. The van der Waals surface area contributed by atoms with Gasteiger partial charge in [-0.25, -0.2) is 4.39 Å². The number of halogens is 1. The van der Waals surface area contributed by atoms with Gasteiger partial charge < -0.3 is 9.42 Å². The van der Waals surface area contributed by atoms with Crippen LogP contribution in [-0.4, -0.2) is 27.5 Å². The normalized spacial score (nSPS) is 17.1. The molecule has 1 fully saturated rings. The summed E-state index contributed by atoms with van der Waals surface area (Å²) in [6, 6.07) is 13.3. The van der Waals surface area contributed by atoms with Crippen LogP contribution in [0, 0.1) is 12.7 Å². The van der Waals surface area contributed by atoms with Crippen molar-refractivity contribution in [3.05, 3.63) is 71.4 Å². The highest BCUT2D eigenvalue weighted by atomic mass is 19.1. The fourth-order valence-corrected chi connectivity index (χ4v) is 3.38. The van der Waals surface area contributed by atoms with Crippen LogP contribution in [0.1, 0.15) is 47.1 Å². The van der Waals surface area contributed by atoms with E-state index in [4.69, 9.17) is 4.52 Å². The second-order valence-corrected chi connectivity index (χ2v) is 6.84. The molecular weight excluding hydrogens is 345 g/mol. The summed E-state index contributed by atoms with van der Waals surface area (Å²) in [6.45, 7) is 2.65. The van der Waals surface area contributed by atoms with Gasteiger partial charge in [0.15, 0.2) is 0 Å². The SMILES string of the molecule is Cc1ccc(C(=O)N2CCCCC2c2nc(-c3ccc(F)cc3)no2)cc1. The van der Waals surface area contributed by atoms with Crippen LogP contribution >= 0.6 is 0 Å². The zero-order valence-corrected chi connectivity index (χ0v) is 15.1. The van der Waals surface area contributed by atoms with Gasteiger partial charge in [-0.1, -0.05) is 22.9 Å². The summed E-state index contributed by atoms with van der Waals surface area (Å²) in [6.07, 6.45) is 2.73. The molecule has 0 saturated carbocycles. The molecule has 1 aliphatic rings. The second kappa shape index (κ2) is 7.31. The molecule has 1 saturated heterocycles. The molecule has 1 aliphatic heterocycles. The predicted molar refractivity (Wildman–Crippen MR) is 98.5 cm³/mol. The Bertz CT molecular complexity index is 935. The molecule has 2 aromatic carbocycles. The lowest BCUT2D eigenvalue weighted by Gasteiger charge is -2.33. The van der Waals surface area contributed by atoms with Crippen LogP contribution < -0.4 is 0 Å². The van der Waals surface area contributed by atoms with Crippen molar-refractivity contribution < 1.29 is 13.7 Å². The largest absolute Gasteiger partial charge is 0.337 e. The maximum absolute atomic E-state index is 13.1. The molecule has 1 atom stereocenters. The number of hydrogen-bond acceptors (Lipinski definition) is 4. The fourth-order valence-electron chi connectivity index (χ4n) is 3.38. The molecule has 5 nitrogen and oxygen atoms in total. The molecule has 0 radical (unpaired) electrons. The smallest absolute Gasteiger partial charge is 0.254 e. The molecule has 1 unspecified atom stereocenters. The number of rotatable bonds is 3. The quantitative estimate of drug-likeness (QED) is 0.683. The van der Waals surface area contributed by atoms with Gasteiger partial charge in [-0.3, -0.25) is 4.79 Å². The molecule has 2 heterocycles. The third-order valence-electron chi connectivity index (χ3n) is 4.89. The number of aromatic nitrogens is 2. The van der Waals surface area contributed by atoms with Crippen molar-refractivity contribution in [1.82, 2.24) is 15.0 Å². The molecule has 3 aromatic rings. The molecule has 6 heteroatoms. The molecular formula is C21H20FN3O2. The lowest BCUT2D eigenvalue weighted by Crippen LogP contribution is -2.38. The maximum Gasteiger partial charge on any atom is 0.254 e. The first-order valence-electron chi connectivity index (χ1n) is 9.09. The number of nitrogens with zero attached hydrogens (tertiary/aromatic N) is 3. The van der Waals surface area contributed by atoms with E-state index in [1.54, 1.807) is 12.1 Å². The number of carbonyl (C=O) groups excluding carboxylic acids is 1. The number of likely N-dealkylation sites (tertiary alicyclic amines) is 1. The number of aryl methyl sites for hydroxylation is 1. The third kappa shape index (κ3) is 3.60. The van der Waals surface area contributed by atoms with Crippen molar-refractivity contribution in [1.29, 1.82) is 0 Å². The Morgan fingerprint density at radius 2 is 1.85 bits per heavy atom. The lowest BCUT2D eigenvalue weighted by molar-refractivity contribution is 0.0561. The maximum atomic E-state index is 13.1. The van der Waals surface area contributed by atoms with Gasteiger partial charge in [0.05, 0.1) is 0 Å². The second-order valence-electron chi connectivity index (χ2n) is 6.84. The Hall–Kier alpha value is -3.02. The zero-order chi connectivity index (χ0) is 18.8. The Morgan fingerprint density at radius 3 is 2.59 bits per heavy atom. The minimum absolute atomic E-state index is 0.0266. The summed E-state index contributed by atoms with van der Waals surface area (Å²) < 4.78 is 18.6. The van der Waals surface area contributed by atoms with Crippen molar-refractivity contribution >= 4 is 5.91 Å². The summed E-state index contributed by atoms with van der Waals surface area (Å²) in [5, 5.41) is 4.02. The highest BCUT2D eigenvalue weighted by Gasteiger charge is 2.32. The highest BCUT2D eigenvalue weighted by molar-refractivity contribution is 5.94. The van der Waals surface area contributed by atoms with Gasteiger partial charge in [-0.05, 0) is 62.6 Å². The van der Waals surface area contributed by atoms with E-state index >= 15 is 0 Å². The van der Waals surface area contributed by atoms with E-state index in [-0.39, 0.29) is 17.8 Å². The van der Waals surface area contributed by atoms with Gasteiger partial charge in [-0.2, -0.15) is 4.98 Å². The molecule has 1 aromatic heterocycles. The summed E-state index contributed by atoms with van der Waals surface area (Å²) >= 11 is 0. The monoisotopic (exact) mass is 365 g/mol. The average molecular weight is 365 g/mol. The minimum Gasteiger partial charge on any atom is -0.337 e. The van der Waals surface area contributed by atoms with E-state index in [0.717, 1.165) is 24.8 Å². The molecule has 0 N–H and O–H groups in total. The molecule has 0 aliphatic carbocycles. The van der Waals surface area contributed by atoms with Gasteiger partial charge >= 0.3 is 0 Å². The van der Waals surface area contributed by atoms with Gasteiger partial charge in [-0.15, -0.1) is 0 Å². The Balaban J connectivity index is 1.60. The third-order valence-corrected chi connectivity index (χ3v) is 4.89. The van der Waals surface area contributed by atoms with Crippen LogP contribution in [-0.2, 0) is 0 Å². The molecule has 1 amide bonds. The van der Waals surface area contributed by atoms with Crippen LogP contribution in [0.2, 0.25) is 0 Å². The van der Waals surface area contributed by atoms with E-state index in [9.17, 15) is 9.18 Å². The zero-order valence-electron chi connectivity index (χ0n) is 15.1. The van der Waals surface area contributed by atoms with Crippen molar-refractivity contribution in [2.45, 2.75) is 32.2 Å². The van der Waals surface area contributed by atoms with Crippen LogP contribution in [0.3, 0.4) is 0 Å². The van der Waals surface area contributed by atoms with E-state index in [1.165, 1.54) is 12.1 Å². The van der Waals surface area contributed by atoms with Gasteiger partial charge in [0.25, 0.3) is 5.91 Å². The summed E-state index contributed by atoms with van der Waals surface area (Å²) in [7, 11) is 0. The van der Waals surface area contributed by atoms with Crippen molar-refractivity contribution in [3.8, 4) is 11.4 Å². The lowest BCUT2D eigenvalue weighted by atomic mass is 10.0. The average Bonchev–Trinajstić information content (AvgIpc) is 3.19. The van der Waals surface area contributed by atoms with Crippen molar-refractivity contribution in [2.24, 2.45) is 0 Å². The summed E-state index contributed by atoms with van der Waals surface area (Å²) in [5.41, 5.74) is 2.45. The standard InChI is InChI=1S/C21H20FN3O2/c1-14-5-7-16(8-6-14)21(26)25-13-3-2-4-18(25)20-23-19(24-27-20)15-9-11-17(22)12-10-15/h5-12,18H,2-4,13H2,1H3. The van der Waals surface area contributed by atoms with Crippen LogP contribution in [0.25, 0.3) is 11.4 Å². The number of benzene rings is 2. The molecule has 0 bridgehead atoms.